The molecule has 0 N–H and O–H groups in total. The molecular formula is C20H18N3+. The van der Waals surface area contributed by atoms with Crippen LogP contribution in [0.3, 0.4) is 0 Å². The van der Waals surface area contributed by atoms with Crippen molar-refractivity contribution in [3.63, 3.8) is 0 Å². The molecule has 0 atom stereocenters. The van der Waals surface area contributed by atoms with Crippen LogP contribution >= 0.6 is 0 Å². The summed E-state index contributed by atoms with van der Waals surface area (Å²) in [5, 5.41) is 3.57. The van der Waals surface area contributed by atoms with Crippen molar-refractivity contribution in [2.75, 3.05) is 0 Å². The van der Waals surface area contributed by atoms with E-state index in [1.807, 2.05) is 32.3 Å². The van der Waals surface area contributed by atoms with E-state index in [9.17, 15) is 0 Å². The number of fused-ring (bicyclic) bond motifs is 3. The highest BCUT2D eigenvalue weighted by molar-refractivity contribution is 6.06. The Bertz CT molecular complexity index is 1050. The van der Waals surface area contributed by atoms with Crippen LogP contribution in [-0.4, -0.2) is 9.97 Å². The van der Waals surface area contributed by atoms with Crippen molar-refractivity contribution in [3.05, 3.63) is 66.1 Å². The minimum absolute atomic E-state index is 0.991. The zero-order chi connectivity index (χ0) is 16.0. The Morgan fingerprint density at radius 2 is 1.78 bits per heavy atom. The highest BCUT2D eigenvalue weighted by Crippen LogP contribution is 2.29. The Balaban J connectivity index is 2.09. The summed E-state index contributed by atoms with van der Waals surface area (Å²) >= 11 is 0. The Labute approximate surface area is 135 Å². The van der Waals surface area contributed by atoms with Crippen molar-refractivity contribution < 1.29 is 4.57 Å². The van der Waals surface area contributed by atoms with Crippen molar-refractivity contribution in [1.29, 1.82) is 0 Å². The summed E-state index contributed by atoms with van der Waals surface area (Å²) in [6, 6.07) is 14.8. The van der Waals surface area contributed by atoms with Crippen LogP contribution in [0.5, 0.6) is 0 Å². The Kier molecular flexibility index (Phi) is 3.08. The molecule has 0 unspecified atom stereocenters. The number of pyridine rings is 1. The van der Waals surface area contributed by atoms with E-state index in [-0.39, 0.29) is 0 Å². The third kappa shape index (κ3) is 2.25. The minimum atomic E-state index is 0.991. The van der Waals surface area contributed by atoms with Gasteiger partial charge in [0.2, 0.25) is 0 Å². The molecule has 23 heavy (non-hydrogen) atoms. The van der Waals surface area contributed by atoms with Crippen LogP contribution in [0.15, 0.2) is 54.9 Å². The molecule has 0 aliphatic carbocycles. The van der Waals surface area contributed by atoms with Crippen LogP contribution in [-0.2, 0) is 7.05 Å². The number of rotatable bonds is 1. The lowest BCUT2D eigenvalue weighted by atomic mass is 9.99. The molecule has 0 spiro atoms. The maximum absolute atomic E-state index is 4.74. The molecule has 0 saturated carbocycles. The average Bonchev–Trinajstić information content (AvgIpc) is 2.56. The lowest BCUT2D eigenvalue weighted by molar-refractivity contribution is -0.663. The van der Waals surface area contributed by atoms with E-state index in [0.29, 0.717) is 0 Å². The molecule has 0 amide bonds. The van der Waals surface area contributed by atoms with Crippen molar-refractivity contribution in [2.24, 2.45) is 7.05 Å². The zero-order valence-corrected chi connectivity index (χ0v) is 13.5. The van der Waals surface area contributed by atoms with E-state index in [1.54, 1.807) is 0 Å². The van der Waals surface area contributed by atoms with Crippen LogP contribution in [0, 0.1) is 13.8 Å². The van der Waals surface area contributed by atoms with Crippen LogP contribution < -0.4 is 4.57 Å². The zero-order valence-electron chi connectivity index (χ0n) is 13.5. The molecular weight excluding hydrogens is 282 g/mol. The molecule has 3 heteroatoms. The monoisotopic (exact) mass is 300 g/mol. The normalized spacial score (nSPS) is 11.3. The number of aromatic nitrogens is 3. The number of para-hydroxylation sites is 1. The Morgan fingerprint density at radius 1 is 0.957 bits per heavy atom. The molecule has 0 saturated heterocycles. The quantitative estimate of drug-likeness (QED) is 0.394. The number of nitrogens with zero attached hydrogens (tertiary/aromatic N) is 3. The predicted molar refractivity (Wildman–Crippen MR) is 93.1 cm³/mol. The van der Waals surface area contributed by atoms with E-state index in [2.05, 4.69) is 53.0 Å². The first-order valence-electron chi connectivity index (χ1n) is 7.75. The first kappa shape index (κ1) is 13.8. The smallest absolute Gasteiger partial charge is 0.256 e. The molecule has 4 rings (SSSR count). The van der Waals surface area contributed by atoms with E-state index >= 15 is 0 Å². The average molecular weight is 300 g/mol. The molecule has 0 aliphatic heterocycles. The molecule has 0 radical (unpaired) electrons. The topological polar surface area (TPSA) is 29.7 Å². The molecule has 3 nitrogen and oxygen atoms in total. The molecule has 0 fully saturated rings. The van der Waals surface area contributed by atoms with E-state index in [0.717, 1.165) is 17.0 Å². The van der Waals surface area contributed by atoms with E-state index in [4.69, 9.17) is 4.98 Å². The maximum atomic E-state index is 4.74. The number of hydrogen-bond acceptors (Lipinski definition) is 2. The van der Waals surface area contributed by atoms with Crippen LogP contribution in [0.2, 0.25) is 0 Å². The van der Waals surface area contributed by atoms with Gasteiger partial charge < -0.3 is 0 Å². The predicted octanol–water partition coefficient (Wildman–Crippen LogP) is 3.89. The first-order chi connectivity index (χ1) is 11.1. The van der Waals surface area contributed by atoms with Gasteiger partial charge in [0.1, 0.15) is 0 Å². The van der Waals surface area contributed by atoms with Gasteiger partial charge in [-0.1, -0.05) is 18.2 Å². The van der Waals surface area contributed by atoms with E-state index in [1.165, 1.54) is 27.3 Å². The summed E-state index contributed by atoms with van der Waals surface area (Å²) in [5.41, 5.74) is 4.43. The van der Waals surface area contributed by atoms with Gasteiger partial charge in [0.05, 0.1) is 24.3 Å². The summed E-state index contributed by atoms with van der Waals surface area (Å²) in [4.78, 5) is 9.30. The van der Waals surface area contributed by atoms with Crippen LogP contribution in [0.1, 0.15) is 11.3 Å². The Hall–Kier alpha value is -2.81. The van der Waals surface area contributed by atoms with Gasteiger partial charge in [-0.3, -0.25) is 4.98 Å². The first-order valence-corrected chi connectivity index (χ1v) is 7.75. The number of aryl methyl sites for hydroxylation is 3. The summed E-state index contributed by atoms with van der Waals surface area (Å²) in [6.45, 7) is 4.16. The Morgan fingerprint density at radius 3 is 2.65 bits per heavy atom. The van der Waals surface area contributed by atoms with Crippen molar-refractivity contribution in [3.8, 4) is 11.4 Å². The third-order valence-corrected chi connectivity index (χ3v) is 4.33. The second kappa shape index (κ2) is 5.13. The van der Waals surface area contributed by atoms with Gasteiger partial charge in [0, 0.05) is 30.0 Å². The largest absolute Gasteiger partial charge is 0.330 e. The molecule has 112 valence electrons. The molecule has 2 aromatic heterocycles. The van der Waals surface area contributed by atoms with Gasteiger partial charge in [-0.2, -0.15) is 0 Å². The van der Waals surface area contributed by atoms with Gasteiger partial charge >= 0.3 is 5.82 Å². The SMILES string of the molecule is Cc1cc[n+](C)c(-c2cc3c(cnc4ccccc43)cc2C)n1. The fraction of sp³-hybridized carbons (Fsp3) is 0.150. The second-order valence-electron chi connectivity index (χ2n) is 6.03. The van der Waals surface area contributed by atoms with Crippen molar-refractivity contribution in [1.82, 2.24) is 9.97 Å². The maximum Gasteiger partial charge on any atom is 0.330 e. The van der Waals surface area contributed by atoms with Gasteiger partial charge in [-0.25, -0.2) is 4.57 Å². The highest BCUT2D eigenvalue weighted by atomic mass is 15.0. The van der Waals surface area contributed by atoms with E-state index < -0.39 is 0 Å². The minimum Gasteiger partial charge on any atom is -0.256 e. The molecule has 0 bridgehead atoms. The lowest BCUT2D eigenvalue weighted by Gasteiger charge is -2.08. The fourth-order valence-corrected chi connectivity index (χ4v) is 3.09. The summed E-state index contributed by atoms with van der Waals surface area (Å²) in [7, 11) is 2.04. The third-order valence-electron chi connectivity index (χ3n) is 4.33. The fourth-order valence-electron chi connectivity index (χ4n) is 3.09. The molecule has 2 aromatic carbocycles. The van der Waals surface area contributed by atoms with Gasteiger partial charge in [-0.15, -0.1) is 0 Å². The van der Waals surface area contributed by atoms with Crippen molar-refractivity contribution >= 4 is 21.7 Å². The summed E-state index contributed by atoms with van der Waals surface area (Å²) in [6.07, 6.45) is 4.02. The standard InChI is InChI=1S/C20H18N3/c1-13-10-15-12-21-19-7-5-4-6-16(19)18(15)11-17(13)20-22-14(2)8-9-23(20)3/h4-12H,1-3H3/q+1. The number of hydrogen-bond donors (Lipinski definition) is 0. The summed E-state index contributed by atoms with van der Waals surface area (Å²) < 4.78 is 2.07. The van der Waals surface area contributed by atoms with Gasteiger partial charge in [-0.05, 0) is 41.1 Å². The highest BCUT2D eigenvalue weighted by Gasteiger charge is 2.17. The van der Waals surface area contributed by atoms with Crippen LogP contribution in [0.25, 0.3) is 33.1 Å². The molecule has 0 aliphatic rings. The summed E-state index contributed by atoms with van der Waals surface area (Å²) in [5.74, 6) is 0.991. The van der Waals surface area contributed by atoms with Gasteiger partial charge in [0.15, 0.2) is 5.69 Å². The number of benzene rings is 2. The second-order valence-corrected chi connectivity index (χ2v) is 6.03. The van der Waals surface area contributed by atoms with Crippen molar-refractivity contribution in [2.45, 2.75) is 13.8 Å². The van der Waals surface area contributed by atoms with Crippen LogP contribution in [0.4, 0.5) is 0 Å². The van der Waals surface area contributed by atoms with Gasteiger partial charge in [0.25, 0.3) is 0 Å². The molecule has 2 heterocycles. The molecule has 4 aromatic rings. The lowest BCUT2D eigenvalue weighted by Crippen LogP contribution is -2.32.